The van der Waals surface area contributed by atoms with Gasteiger partial charge in [0, 0.05) is 18.1 Å². The predicted octanol–water partition coefficient (Wildman–Crippen LogP) is 2.80. The van der Waals surface area contributed by atoms with Crippen LogP contribution in [0.4, 0.5) is 0 Å². The van der Waals surface area contributed by atoms with E-state index in [2.05, 4.69) is 6.07 Å². The van der Waals surface area contributed by atoms with E-state index in [4.69, 9.17) is 22.1 Å². The van der Waals surface area contributed by atoms with Crippen LogP contribution in [-0.2, 0) is 6.54 Å². The van der Waals surface area contributed by atoms with Gasteiger partial charge in [-0.25, -0.2) is 0 Å². The van der Waals surface area contributed by atoms with E-state index in [1.54, 1.807) is 12.1 Å². The highest BCUT2D eigenvalue weighted by Gasteiger charge is 2.08. The predicted molar refractivity (Wildman–Crippen MR) is 67.3 cm³/mol. The topological polar surface area (TPSA) is 50.8 Å². The Balaban J connectivity index is 2.70. The van der Waals surface area contributed by atoms with Gasteiger partial charge in [-0.05, 0) is 31.7 Å². The Kier molecular flexibility index (Phi) is 4.97. The summed E-state index contributed by atoms with van der Waals surface area (Å²) in [5, 5.41) is 18.1. The molecule has 0 radical (unpaired) electrons. The van der Waals surface area contributed by atoms with Crippen molar-refractivity contribution in [1.82, 2.24) is 4.90 Å². The third kappa shape index (κ3) is 4.07. The molecule has 1 aromatic carbocycles. The van der Waals surface area contributed by atoms with E-state index in [-0.39, 0.29) is 5.92 Å². The molecule has 0 heterocycles. The van der Waals surface area contributed by atoms with E-state index >= 15 is 0 Å². The van der Waals surface area contributed by atoms with E-state index in [0.29, 0.717) is 23.7 Å². The van der Waals surface area contributed by atoms with Crippen molar-refractivity contribution in [1.29, 1.82) is 10.5 Å². The first-order valence-electron chi connectivity index (χ1n) is 5.33. The Morgan fingerprint density at radius 3 is 2.65 bits per heavy atom. The molecule has 0 aliphatic carbocycles. The number of nitriles is 2. The normalized spacial score (nSPS) is 11.9. The lowest BCUT2D eigenvalue weighted by Crippen LogP contribution is -2.23. The molecule has 0 amide bonds. The van der Waals surface area contributed by atoms with E-state index in [1.165, 1.54) is 0 Å². The standard InChI is InChI=1S/C13H14ClN3/c1-10(6-15)8-17(2)9-12-4-3-11(7-16)5-13(12)14/h3-5,10H,8-9H2,1-2H3. The fourth-order valence-electron chi connectivity index (χ4n) is 1.61. The molecule has 88 valence electrons. The zero-order chi connectivity index (χ0) is 12.8. The number of nitrogens with zero attached hydrogens (tertiary/aromatic N) is 3. The molecule has 0 bridgehead atoms. The molecule has 0 N–H and O–H groups in total. The lowest BCUT2D eigenvalue weighted by molar-refractivity contribution is 0.303. The van der Waals surface area contributed by atoms with Crippen LogP contribution in [0.1, 0.15) is 18.1 Å². The van der Waals surface area contributed by atoms with Crippen molar-refractivity contribution >= 4 is 11.6 Å². The molecular weight excluding hydrogens is 234 g/mol. The van der Waals surface area contributed by atoms with Gasteiger partial charge < -0.3 is 4.90 Å². The lowest BCUT2D eigenvalue weighted by Gasteiger charge is -2.18. The quantitative estimate of drug-likeness (QED) is 0.822. The minimum absolute atomic E-state index is 0.00263. The van der Waals surface area contributed by atoms with Crippen LogP contribution < -0.4 is 0 Å². The first kappa shape index (κ1) is 13.5. The molecule has 0 aromatic heterocycles. The molecule has 0 saturated carbocycles. The molecule has 0 fully saturated rings. The van der Waals surface area contributed by atoms with Crippen molar-refractivity contribution in [3.63, 3.8) is 0 Å². The maximum Gasteiger partial charge on any atom is 0.0992 e. The van der Waals surface area contributed by atoms with Gasteiger partial charge in [0.05, 0.1) is 23.6 Å². The number of halogens is 1. The molecule has 0 spiro atoms. The fourth-order valence-corrected chi connectivity index (χ4v) is 1.85. The van der Waals surface area contributed by atoms with Crippen LogP contribution in [0.15, 0.2) is 18.2 Å². The molecule has 0 aliphatic rings. The maximum absolute atomic E-state index is 8.73. The highest BCUT2D eigenvalue weighted by atomic mass is 35.5. The molecule has 3 nitrogen and oxygen atoms in total. The van der Waals surface area contributed by atoms with Crippen molar-refractivity contribution < 1.29 is 0 Å². The molecule has 1 unspecified atom stereocenters. The summed E-state index contributed by atoms with van der Waals surface area (Å²) in [5.74, 6) is -0.00263. The van der Waals surface area contributed by atoms with Gasteiger partial charge in [0.25, 0.3) is 0 Å². The molecule has 0 saturated heterocycles. The maximum atomic E-state index is 8.73. The minimum Gasteiger partial charge on any atom is -0.301 e. The smallest absolute Gasteiger partial charge is 0.0992 e. The van der Waals surface area contributed by atoms with Gasteiger partial charge in [0.15, 0.2) is 0 Å². The number of hydrogen-bond acceptors (Lipinski definition) is 3. The highest BCUT2D eigenvalue weighted by molar-refractivity contribution is 6.31. The number of hydrogen-bond donors (Lipinski definition) is 0. The highest BCUT2D eigenvalue weighted by Crippen LogP contribution is 2.19. The van der Waals surface area contributed by atoms with Crippen molar-refractivity contribution in [3.05, 3.63) is 34.3 Å². The molecule has 1 aromatic rings. The average Bonchev–Trinajstić information content (AvgIpc) is 2.31. The van der Waals surface area contributed by atoms with Gasteiger partial charge in [-0.1, -0.05) is 17.7 Å². The third-order valence-corrected chi connectivity index (χ3v) is 2.78. The van der Waals surface area contributed by atoms with E-state index in [1.807, 2.05) is 31.0 Å². The summed E-state index contributed by atoms with van der Waals surface area (Å²) in [7, 11) is 1.95. The molecule has 1 atom stereocenters. The minimum atomic E-state index is -0.00263. The van der Waals surface area contributed by atoms with Gasteiger partial charge >= 0.3 is 0 Å². The summed E-state index contributed by atoms with van der Waals surface area (Å²) >= 11 is 6.08. The van der Waals surface area contributed by atoms with Crippen LogP contribution in [0.2, 0.25) is 5.02 Å². The number of benzene rings is 1. The summed E-state index contributed by atoms with van der Waals surface area (Å²) in [5.41, 5.74) is 1.53. The van der Waals surface area contributed by atoms with Crippen LogP contribution in [0.5, 0.6) is 0 Å². The first-order valence-corrected chi connectivity index (χ1v) is 5.71. The summed E-state index contributed by atoms with van der Waals surface area (Å²) in [6.07, 6.45) is 0. The largest absolute Gasteiger partial charge is 0.301 e. The van der Waals surface area contributed by atoms with Crippen LogP contribution in [0, 0.1) is 28.6 Å². The fraction of sp³-hybridized carbons (Fsp3) is 0.385. The molecule has 0 aliphatic heterocycles. The summed E-state index contributed by atoms with van der Waals surface area (Å²) in [6.45, 7) is 3.26. The van der Waals surface area contributed by atoms with Gasteiger partial charge in [-0.3, -0.25) is 0 Å². The van der Waals surface area contributed by atoms with E-state index < -0.39 is 0 Å². The monoisotopic (exact) mass is 247 g/mol. The summed E-state index contributed by atoms with van der Waals surface area (Å²) in [4.78, 5) is 2.04. The van der Waals surface area contributed by atoms with Crippen LogP contribution in [0.3, 0.4) is 0 Å². The van der Waals surface area contributed by atoms with Crippen LogP contribution in [0.25, 0.3) is 0 Å². The van der Waals surface area contributed by atoms with Gasteiger partial charge in [-0.15, -0.1) is 0 Å². The lowest BCUT2D eigenvalue weighted by atomic mass is 10.1. The van der Waals surface area contributed by atoms with Crippen molar-refractivity contribution in [3.8, 4) is 12.1 Å². The zero-order valence-electron chi connectivity index (χ0n) is 9.94. The van der Waals surface area contributed by atoms with Crippen LogP contribution in [-0.4, -0.2) is 18.5 Å². The molecule has 17 heavy (non-hydrogen) atoms. The SMILES string of the molecule is CC(C#N)CN(C)Cc1ccc(C#N)cc1Cl. The van der Waals surface area contributed by atoms with E-state index in [0.717, 1.165) is 5.56 Å². The Bertz CT molecular complexity index is 471. The Hall–Kier alpha value is -1.55. The zero-order valence-corrected chi connectivity index (χ0v) is 10.7. The van der Waals surface area contributed by atoms with Crippen LogP contribution >= 0.6 is 11.6 Å². The molecular formula is C13H14ClN3. The Morgan fingerprint density at radius 1 is 1.41 bits per heavy atom. The van der Waals surface area contributed by atoms with Crippen molar-refractivity contribution in [2.45, 2.75) is 13.5 Å². The first-order chi connectivity index (χ1) is 8.06. The third-order valence-electron chi connectivity index (χ3n) is 2.43. The number of rotatable bonds is 4. The molecule has 4 heteroatoms. The second kappa shape index (κ2) is 6.25. The van der Waals surface area contributed by atoms with Gasteiger partial charge in [0.1, 0.15) is 0 Å². The summed E-state index contributed by atoms with van der Waals surface area (Å²) < 4.78 is 0. The van der Waals surface area contributed by atoms with Gasteiger partial charge in [-0.2, -0.15) is 10.5 Å². The Labute approximate surface area is 107 Å². The van der Waals surface area contributed by atoms with Crippen molar-refractivity contribution in [2.24, 2.45) is 5.92 Å². The summed E-state index contributed by atoms with van der Waals surface area (Å²) in [6, 6.07) is 9.52. The average molecular weight is 248 g/mol. The Morgan fingerprint density at radius 2 is 2.12 bits per heavy atom. The van der Waals surface area contributed by atoms with Crippen molar-refractivity contribution in [2.75, 3.05) is 13.6 Å². The van der Waals surface area contributed by atoms with Gasteiger partial charge in [0.2, 0.25) is 0 Å². The molecule has 1 rings (SSSR count). The second-order valence-electron chi connectivity index (χ2n) is 4.14. The van der Waals surface area contributed by atoms with E-state index in [9.17, 15) is 0 Å². The second-order valence-corrected chi connectivity index (χ2v) is 4.55.